The zero-order valence-electron chi connectivity index (χ0n) is 16.6. The van der Waals surface area contributed by atoms with Gasteiger partial charge in [0.1, 0.15) is 10.9 Å². The van der Waals surface area contributed by atoms with E-state index in [1.54, 1.807) is 10.9 Å². The molecule has 0 aliphatic heterocycles. The highest BCUT2D eigenvalue weighted by molar-refractivity contribution is 7.98. The fourth-order valence-electron chi connectivity index (χ4n) is 2.40. The number of hydrogen-bond acceptors (Lipinski definition) is 5. The monoisotopic (exact) mass is 478 g/mol. The van der Waals surface area contributed by atoms with Gasteiger partial charge in [0.2, 0.25) is 15.9 Å². The van der Waals surface area contributed by atoms with E-state index in [1.165, 1.54) is 36.2 Å². The molecular weight excluding hydrogens is 455 g/mol. The van der Waals surface area contributed by atoms with E-state index in [0.717, 1.165) is 0 Å². The van der Waals surface area contributed by atoms with Crippen molar-refractivity contribution in [3.05, 3.63) is 40.6 Å². The Balaban J connectivity index is 2.23. The van der Waals surface area contributed by atoms with Gasteiger partial charge in [0.05, 0.1) is 22.4 Å². The Labute approximate surface area is 185 Å². The molecule has 2 aromatic rings. The van der Waals surface area contributed by atoms with Crippen molar-refractivity contribution in [3.63, 3.8) is 0 Å². The number of rotatable bonds is 8. The fraction of sp³-hybridized carbons (Fsp3) is 0.444. The van der Waals surface area contributed by atoms with Gasteiger partial charge in [-0.25, -0.2) is 8.42 Å². The number of nitrogens with one attached hydrogen (secondary N) is 2. The molecule has 1 aromatic carbocycles. The molecule has 7 nitrogen and oxygen atoms in total. The highest BCUT2D eigenvalue weighted by atomic mass is 35.5. The van der Waals surface area contributed by atoms with Gasteiger partial charge in [0.15, 0.2) is 0 Å². The lowest BCUT2D eigenvalue weighted by Crippen LogP contribution is -2.44. The zero-order chi connectivity index (χ0) is 21.8. The number of carbonyl (C=O) groups is 1. The van der Waals surface area contributed by atoms with Crippen molar-refractivity contribution < 1.29 is 13.2 Å². The molecule has 1 amide bonds. The van der Waals surface area contributed by atoms with E-state index in [0.29, 0.717) is 17.9 Å². The first kappa shape index (κ1) is 24.0. The number of thioether (sulfide) groups is 1. The number of aromatic nitrogens is 2. The third-order valence-electron chi connectivity index (χ3n) is 3.94. The quantitative estimate of drug-likeness (QED) is 0.598. The summed E-state index contributed by atoms with van der Waals surface area (Å²) in [6.45, 7) is 5.95. The Kier molecular flexibility index (Phi) is 8.03. The number of halogens is 2. The predicted octanol–water partition coefficient (Wildman–Crippen LogP) is 3.98. The minimum Gasteiger partial charge on any atom is -0.322 e. The van der Waals surface area contributed by atoms with Crippen LogP contribution in [0.4, 0.5) is 5.69 Å². The second-order valence-electron chi connectivity index (χ2n) is 7.36. The van der Waals surface area contributed by atoms with Crippen LogP contribution in [0.2, 0.25) is 10.0 Å². The molecule has 0 saturated heterocycles. The molecule has 0 aliphatic rings. The van der Waals surface area contributed by atoms with Gasteiger partial charge < -0.3 is 5.32 Å². The van der Waals surface area contributed by atoms with Gasteiger partial charge in [-0.1, -0.05) is 23.2 Å². The molecule has 29 heavy (non-hydrogen) atoms. The topological polar surface area (TPSA) is 93.1 Å². The molecule has 0 bridgehead atoms. The molecule has 160 valence electrons. The summed E-state index contributed by atoms with van der Waals surface area (Å²) < 4.78 is 29.8. The van der Waals surface area contributed by atoms with Gasteiger partial charge in [-0.3, -0.25) is 9.48 Å². The van der Waals surface area contributed by atoms with Gasteiger partial charge in [-0.2, -0.15) is 21.6 Å². The lowest BCUT2D eigenvalue weighted by molar-refractivity contribution is -0.117. The summed E-state index contributed by atoms with van der Waals surface area (Å²) in [5.41, 5.74) is 0.241. The van der Waals surface area contributed by atoms with Gasteiger partial charge in [0, 0.05) is 11.2 Å². The van der Waals surface area contributed by atoms with Gasteiger partial charge >= 0.3 is 0 Å². The Morgan fingerprint density at radius 3 is 2.59 bits per heavy atom. The van der Waals surface area contributed by atoms with Crippen molar-refractivity contribution in [3.8, 4) is 0 Å². The van der Waals surface area contributed by atoms with Crippen LogP contribution in [0.15, 0.2) is 35.5 Å². The van der Waals surface area contributed by atoms with Crippen LogP contribution in [0.25, 0.3) is 0 Å². The maximum absolute atomic E-state index is 12.8. The first-order valence-electron chi connectivity index (χ1n) is 8.76. The maximum Gasteiger partial charge on any atom is 0.242 e. The summed E-state index contributed by atoms with van der Waals surface area (Å²) in [7, 11) is -4.06. The Morgan fingerprint density at radius 1 is 1.31 bits per heavy atom. The molecule has 2 N–H and O–H groups in total. The standard InChI is InChI=1S/C18H24Cl2N4O3S2/c1-18(2,3)24-11-13(10-21-24)22-17(25)15(7-8-28-4)23-29(26,27)16-9-12(19)5-6-14(16)20/h5-6,9-11,15,23H,7-8H2,1-4H3,(H,22,25). The molecule has 0 spiro atoms. The smallest absolute Gasteiger partial charge is 0.242 e. The lowest BCUT2D eigenvalue weighted by atomic mass is 10.1. The largest absolute Gasteiger partial charge is 0.322 e. The first-order valence-corrected chi connectivity index (χ1v) is 12.4. The molecule has 1 unspecified atom stereocenters. The maximum atomic E-state index is 12.8. The second kappa shape index (κ2) is 9.70. The van der Waals surface area contributed by atoms with E-state index in [-0.39, 0.29) is 20.5 Å². The van der Waals surface area contributed by atoms with E-state index >= 15 is 0 Å². The Bertz CT molecular complexity index is 972. The third-order valence-corrected chi connectivity index (χ3v) is 6.78. The minimum atomic E-state index is -4.06. The fourth-order valence-corrected chi connectivity index (χ4v) is 4.86. The molecule has 1 atom stereocenters. The SMILES string of the molecule is CSCCC(NS(=O)(=O)c1cc(Cl)ccc1Cl)C(=O)Nc1cnn(C(C)(C)C)c1. The van der Waals surface area contributed by atoms with Crippen molar-refractivity contribution in [2.75, 3.05) is 17.3 Å². The van der Waals surface area contributed by atoms with Gasteiger partial charge in [-0.05, 0) is 57.4 Å². The molecule has 1 aromatic heterocycles. The minimum absolute atomic E-state index is 0.0254. The normalized spacial score (nSPS) is 13.3. The summed E-state index contributed by atoms with van der Waals surface area (Å²) in [6.07, 6.45) is 5.41. The van der Waals surface area contributed by atoms with Crippen LogP contribution in [-0.4, -0.2) is 42.2 Å². The highest BCUT2D eigenvalue weighted by Crippen LogP contribution is 2.25. The zero-order valence-corrected chi connectivity index (χ0v) is 19.7. The van der Waals surface area contributed by atoms with Crippen LogP contribution in [0.1, 0.15) is 27.2 Å². The van der Waals surface area contributed by atoms with Crippen molar-refractivity contribution >= 4 is 56.6 Å². The summed E-state index contributed by atoms with van der Waals surface area (Å²) >= 11 is 13.4. The predicted molar refractivity (Wildman–Crippen MR) is 119 cm³/mol. The molecule has 0 aliphatic carbocycles. The molecular formula is C18H24Cl2N4O3S2. The lowest BCUT2D eigenvalue weighted by Gasteiger charge is -2.19. The number of carbonyl (C=O) groups excluding carboxylic acids is 1. The second-order valence-corrected chi connectivity index (χ2v) is 10.9. The number of hydrogen-bond donors (Lipinski definition) is 2. The summed E-state index contributed by atoms with van der Waals surface area (Å²) in [6, 6.07) is 3.16. The van der Waals surface area contributed by atoms with Crippen LogP contribution in [0.5, 0.6) is 0 Å². The Hall–Kier alpha value is -1.26. The van der Waals surface area contributed by atoms with Gasteiger partial charge in [-0.15, -0.1) is 0 Å². The molecule has 0 saturated carbocycles. The number of sulfonamides is 1. The Morgan fingerprint density at radius 2 is 2.00 bits per heavy atom. The van der Waals surface area contributed by atoms with Crippen molar-refractivity contribution in [1.29, 1.82) is 0 Å². The highest BCUT2D eigenvalue weighted by Gasteiger charge is 2.28. The van der Waals surface area contributed by atoms with Gasteiger partial charge in [0.25, 0.3) is 0 Å². The molecule has 2 rings (SSSR count). The number of nitrogens with zero attached hydrogens (tertiary/aromatic N) is 2. The molecule has 11 heteroatoms. The van der Waals surface area contributed by atoms with Crippen LogP contribution < -0.4 is 10.0 Å². The first-order chi connectivity index (χ1) is 13.4. The van der Waals surface area contributed by atoms with Crippen LogP contribution in [0, 0.1) is 0 Å². The molecule has 1 heterocycles. The van der Waals surface area contributed by atoms with Crippen molar-refractivity contribution in [2.45, 2.75) is 43.7 Å². The van der Waals surface area contributed by atoms with E-state index in [4.69, 9.17) is 23.2 Å². The number of benzene rings is 1. The van der Waals surface area contributed by atoms with Crippen molar-refractivity contribution in [2.24, 2.45) is 0 Å². The van der Waals surface area contributed by atoms with Crippen LogP contribution >= 0.6 is 35.0 Å². The van der Waals surface area contributed by atoms with Crippen LogP contribution in [-0.2, 0) is 20.4 Å². The van der Waals surface area contributed by atoms with E-state index < -0.39 is 22.0 Å². The average Bonchev–Trinajstić information content (AvgIpc) is 3.09. The third kappa shape index (κ3) is 6.62. The van der Waals surface area contributed by atoms with Crippen molar-refractivity contribution in [1.82, 2.24) is 14.5 Å². The summed E-state index contributed by atoms with van der Waals surface area (Å²) in [4.78, 5) is 12.6. The number of amides is 1. The summed E-state index contributed by atoms with van der Waals surface area (Å²) in [5.74, 6) is 0.111. The van der Waals surface area contributed by atoms with E-state index in [2.05, 4.69) is 15.1 Å². The van der Waals surface area contributed by atoms with E-state index in [1.807, 2.05) is 27.0 Å². The molecule has 0 fully saturated rings. The average molecular weight is 479 g/mol. The van der Waals surface area contributed by atoms with E-state index in [9.17, 15) is 13.2 Å². The summed E-state index contributed by atoms with van der Waals surface area (Å²) in [5, 5.41) is 7.21. The molecule has 0 radical (unpaired) electrons. The number of anilines is 1. The van der Waals surface area contributed by atoms with Crippen LogP contribution in [0.3, 0.4) is 0 Å².